The molecule has 3 N–H and O–H groups in total. The number of anilines is 2. The van der Waals surface area contributed by atoms with Crippen molar-refractivity contribution in [2.75, 3.05) is 17.2 Å². The Kier molecular flexibility index (Phi) is 7.45. The van der Waals surface area contributed by atoms with Crippen molar-refractivity contribution in [3.8, 4) is 0 Å². The van der Waals surface area contributed by atoms with Crippen LogP contribution in [0.1, 0.15) is 28.9 Å². The van der Waals surface area contributed by atoms with E-state index in [2.05, 4.69) is 49.8 Å². The maximum Gasteiger partial charge on any atom is 0.277 e. The van der Waals surface area contributed by atoms with Crippen LogP contribution in [0.4, 0.5) is 11.4 Å². The van der Waals surface area contributed by atoms with Gasteiger partial charge in [0.1, 0.15) is 0 Å². The van der Waals surface area contributed by atoms with Crippen LogP contribution in [0.2, 0.25) is 0 Å². The van der Waals surface area contributed by atoms with Gasteiger partial charge in [0.15, 0.2) is 10.8 Å². The van der Waals surface area contributed by atoms with Crippen LogP contribution in [0, 0.1) is 0 Å². The highest BCUT2D eigenvalue weighted by Crippen LogP contribution is 2.14. The number of nitrogens with zero attached hydrogens (tertiary/aromatic N) is 2. The second-order valence-electron chi connectivity index (χ2n) is 6.15. The molecule has 0 aliphatic rings. The maximum absolute atomic E-state index is 11.9. The van der Waals surface area contributed by atoms with Crippen LogP contribution in [0.5, 0.6) is 0 Å². The van der Waals surface area contributed by atoms with Gasteiger partial charge < -0.3 is 16.0 Å². The number of aromatic nitrogens is 2. The Morgan fingerprint density at radius 1 is 0.964 bits per heavy atom. The Bertz CT molecular complexity index is 883. The number of hydrogen-bond donors (Lipinski definition) is 3. The van der Waals surface area contributed by atoms with Gasteiger partial charge in [0.2, 0.25) is 0 Å². The highest BCUT2D eigenvalue weighted by Gasteiger charge is 2.08. The summed E-state index contributed by atoms with van der Waals surface area (Å²) in [6.07, 6.45) is 3.24. The van der Waals surface area contributed by atoms with Crippen molar-refractivity contribution in [3.63, 3.8) is 0 Å². The monoisotopic (exact) mass is 411 g/mol. The fourth-order valence-electron chi connectivity index (χ4n) is 2.57. The third-order valence-corrected chi connectivity index (χ3v) is 4.76. The van der Waals surface area contributed by atoms with E-state index in [1.807, 2.05) is 30.3 Å². The van der Waals surface area contributed by atoms with Crippen LogP contribution < -0.4 is 16.0 Å². The van der Waals surface area contributed by atoms with Crippen molar-refractivity contribution >= 4 is 46.1 Å². The molecule has 1 amide bonds. The number of aryl methyl sites for hydroxylation is 1. The first-order chi connectivity index (χ1) is 13.7. The molecular formula is C20H21N5OS2. The molecule has 0 fully saturated rings. The number of nitrogens with one attached hydrogen (secondary N) is 3. The zero-order chi connectivity index (χ0) is 19.6. The molecule has 0 aliphatic carbocycles. The molecule has 0 unspecified atom stereocenters. The molecule has 1 aromatic heterocycles. The van der Waals surface area contributed by atoms with Gasteiger partial charge in [-0.3, -0.25) is 4.79 Å². The van der Waals surface area contributed by atoms with Crippen molar-refractivity contribution in [2.45, 2.75) is 19.3 Å². The van der Waals surface area contributed by atoms with Crippen molar-refractivity contribution in [3.05, 3.63) is 71.2 Å². The Morgan fingerprint density at radius 2 is 1.68 bits per heavy atom. The number of thiocarbonyl (C=S) groups is 1. The first-order valence-corrected chi connectivity index (χ1v) is 10.2. The molecule has 0 bridgehead atoms. The van der Waals surface area contributed by atoms with Gasteiger partial charge in [-0.15, -0.1) is 5.10 Å². The largest absolute Gasteiger partial charge is 0.362 e. The number of carbonyl (C=O) groups is 1. The molecule has 0 spiro atoms. The summed E-state index contributed by atoms with van der Waals surface area (Å²) < 4.78 is 3.68. The molecule has 144 valence electrons. The molecule has 6 nitrogen and oxygen atoms in total. The second kappa shape index (κ2) is 10.5. The fourth-order valence-corrected chi connectivity index (χ4v) is 3.23. The lowest BCUT2D eigenvalue weighted by atomic mass is 10.1. The zero-order valence-corrected chi connectivity index (χ0v) is 16.9. The van der Waals surface area contributed by atoms with E-state index in [1.165, 1.54) is 5.56 Å². The first-order valence-electron chi connectivity index (χ1n) is 8.98. The SMILES string of the molecule is O=C(Nc1ccc(NC(=S)NCCCCc2ccccc2)cc1)c1csnn1. The quantitative estimate of drug-likeness (QED) is 0.383. The van der Waals surface area contributed by atoms with Gasteiger partial charge >= 0.3 is 0 Å². The lowest BCUT2D eigenvalue weighted by Gasteiger charge is -2.11. The minimum Gasteiger partial charge on any atom is -0.362 e. The molecule has 0 saturated heterocycles. The fraction of sp³-hybridized carbons (Fsp3) is 0.200. The number of rotatable bonds is 8. The summed E-state index contributed by atoms with van der Waals surface area (Å²) in [7, 11) is 0. The molecule has 3 aromatic rings. The van der Waals surface area contributed by atoms with Crippen LogP contribution in [0.3, 0.4) is 0 Å². The first kappa shape index (κ1) is 19.9. The third kappa shape index (κ3) is 6.40. The standard InChI is InChI=1S/C20H21N5OS2/c26-19(18-14-28-25-24-18)22-16-9-11-17(12-10-16)23-20(27)21-13-5-4-8-15-6-2-1-3-7-15/h1-3,6-7,9-12,14H,4-5,8,13H2,(H,22,26)(H2,21,23,27). The Balaban J connectivity index is 1.35. The van der Waals surface area contributed by atoms with E-state index < -0.39 is 0 Å². The molecule has 0 aliphatic heterocycles. The summed E-state index contributed by atoms with van der Waals surface area (Å²) in [4.78, 5) is 11.9. The van der Waals surface area contributed by atoms with E-state index in [4.69, 9.17) is 12.2 Å². The predicted octanol–water partition coefficient (Wildman–Crippen LogP) is 4.10. The molecule has 28 heavy (non-hydrogen) atoms. The van der Waals surface area contributed by atoms with E-state index in [-0.39, 0.29) is 5.91 Å². The Hall–Kier alpha value is -2.84. The van der Waals surface area contributed by atoms with E-state index in [0.29, 0.717) is 16.5 Å². The maximum atomic E-state index is 11.9. The molecule has 1 heterocycles. The third-order valence-electron chi connectivity index (χ3n) is 4.01. The predicted molar refractivity (Wildman–Crippen MR) is 118 cm³/mol. The van der Waals surface area contributed by atoms with Crippen molar-refractivity contribution in [1.29, 1.82) is 0 Å². The average Bonchev–Trinajstić information content (AvgIpc) is 3.25. The van der Waals surface area contributed by atoms with E-state index >= 15 is 0 Å². The smallest absolute Gasteiger partial charge is 0.277 e. The molecule has 0 saturated carbocycles. The van der Waals surface area contributed by atoms with Gasteiger partial charge in [0, 0.05) is 23.3 Å². The Morgan fingerprint density at radius 3 is 2.36 bits per heavy atom. The lowest BCUT2D eigenvalue weighted by Crippen LogP contribution is -2.29. The van der Waals surface area contributed by atoms with Crippen LogP contribution in [0.15, 0.2) is 60.0 Å². The summed E-state index contributed by atoms with van der Waals surface area (Å²) >= 11 is 6.47. The zero-order valence-electron chi connectivity index (χ0n) is 15.2. The topological polar surface area (TPSA) is 78.9 Å². The van der Waals surface area contributed by atoms with Crippen molar-refractivity contribution in [1.82, 2.24) is 14.9 Å². The molecule has 8 heteroatoms. The number of benzene rings is 2. The number of unbranched alkanes of at least 4 members (excludes halogenated alkanes) is 1. The number of amides is 1. The van der Waals surface area contributed by atoms with Crippen LogP contribution >= 0.6 is 23.8 Å². The normalized spacial score (nSPS) is 10.3. The van der Waals surface area contributed by atoms with Gasteiger partial charge in [-0.2, -0.15) is 0 Å². The van der Waals surface area contributed by atoms with Crippen LogP contribution in [0.25, 0.3) is 0 Å². The summed E-state index contributed by atoms with van der Waals surface area (Å²) in [6, 6.07) is 17.8. The van der Waals surface area contributed by atoms with Gasteiger partial charge in [-0.05, 0) is 72.8 Å². The van der Waals surface area contributed by atoms with Crippen molar-refractivity contribution in [2.24, 2.45) is 0 Å². The molecule has 3 rings (SSSR count). The van der Waals surface area contributed by atoms with Gasteiger partial charge in [-0.25, -0.2) is 0 Å². The second-order valence-corrected chi connectivity index (χ2v) is 7.16. The van der Waals surface area contributed by atoms with Crippen molar-refractivity contribution < 1.29 is 4.79 Å². The number of hydrogen-bond acceptors (Lipinski definition) is 5. The van der Waals surface area contributed by atoms with Crippen LogP contribution in [-0.4, -0.2) is 27.2 Å². The summed E-state index contributed by atoms with van der Waals surface area (Å²) in [5.41, 5.74) is 3.21. The summed E-state index contributed by atoms with van der Waals surface area (Å²) in [6.45, 7) is 0.828. The van der Waals surface area contributed by atoms with E-state index in [1.54, 1.807) is 5.38 Å². The minimum absolute atomic E-state index is 0.276. The molecule has 0 radical (unpaired) electrons. The average molecular weight is 412 g/mol. The molecular weight excluding hydrogens is 390 g/mol. The van der Waals surface area contributed by atoms with E-state index in [9.17, 15) is 4.79 Å². The van der Waals surface area contributed by atoms with Gasteiger partial charge in [-0.1, -0.05) is 34.8 Å². The van der Waals surface area contributed by atoms with Crippen LogP contribution in [-0.2, 0) is 6.42 Å². The van der Waals surface area contributed by atoms with Gasteiger partial charge in [0.25, 0.3) is 5.91 Å². The number of carbonyl (C=O) groups excluding carboxylic acids is 1. The van der Waals surface area contributed by atoms with Gasteiger partial charge in [0.05, 0.1) is 0 Å². The van der Waals surface area contributed by atoms with E-state index in [0.717, 1.165) is 43.0 Å². The molecule has 2 aromatic carbocycles. The Labute approximate surface area is 173 Å². The highest BCUT2D eigenvalue weighted by molar-refractivity contribution is 7.80. The highest BCUT2D eigenvalue weighted by atomic mass is 32.1. The summed E-state index contributed by atoms with van der Waals surface area (Å²) in [5.74, 6) is -0.276. The summed E-state index contributed by atoms with van der Waals surface area (Å²) in [5, 5.41) is 15.1. The molecule has 0 atom stereocenters. The minimum atomic E-state index is -0.276. The lowest BCUT2D eigenvalue weighted by molar-refractivity contribution is 0.102.